The van der Waals surface area contributed by atoms with Crippen molar-refractivity contribution in [1.29, 1.82) is 0 Å². The molecule has 0 aromatic carbocycles. The SMILES string of the molecule is CCC(C)C(NC(=O)C(N)CCC(N)=O)C(=O)NC(C(=O)NC(C)C(=O)O)C(C)O. The van der Waals surface area contributed by atoms with Gasteiger partial charge in [0.05, 0.1) is 12.1 Å². The van der Waals surface area contributed by atoms with E-state index in [-0.39, 0.29) is 18.8 Å². The molecule has 0 aromatic heterocycles. The number of carboxylic acids is 1. The molecular weight excluding hydrogens is 398 g/mol. The molecule has 0 bridgehead atoms. The van der Waals surface area contributed by atoms with Crippen molar-refractivity contribution in [1.82, 2.24) is 16.0 Å². The van der Waals surface area contributed by atoms with Crippen molar-refractivity contribution in [2.75, 3.05) is 0 Å². The number of amides is 4. The van der Waals surface area contributed by atoms with E-state index >= 15 is 0 Å². The molecule has 0 spiro atoms. The molecule has 172 valence electrons. The summed E-state index contributed by atoms with van der Waals surface area (Å²) >= 11 is 0. The average Bonchev–Trinajstić information content (AvgIpc) is 2.66. The lowest BCUT2D eigenvalue weighted by Gasteiger charge is -2.28. The van der Waals surface area contributed by atoms with E-state index in [1.54, 1.807) is 13.8 Å². The van der Waals surface area contributed by atoms with Gasteiger partial charge in [0.25, 0.3) is 0 Å². The summed E-state index contributed by atoms with van der Waals surface area (Å²) in [4.78, 5) is 59.1. The summed E-state index contributed by atoms with van der Waals surface area (Å²) in [6.07, 6.45) is -0.930. The van der Waals surface area contributed by atoms with Crippen molar-refractivity contribution in [3.63, 3.8) is 0 Å². The molecule has 0 saturated heterocycles. The minimum absolute atomic E-state index is 0.00178. The molecule has 9 N–H and O–H groups in total. The Morgan fingerprint density at radius 3 is 1.83 bits per heavy atom. The Morgan fingerprint density at radius 1 is 0.900 bits per heavy atom. The first kappa shape index (κ1) is 27.3. The van der Waals surface area contributed by atoms with E-state index in [0.717, 1.165) is 0 Å². The molecule has 0 heterocycles. The van der Waals surface area contributed by atoms with Gasteiger partial charge in [-0.05, 0) is 26.2 Å². The van der Waals surface area contributed by atoms with Crippen LogP contribution in [0.25, 0.3) is 0 Å². The third kappa shape index (κ3) is 9.18. The molecule has 6 unspecified atom stereocenters. The number of carbonyl (C=O) groups excluding carboxylic acids is 4. The highest BCUT2D eigenvalue weighted by Crippen LogP contribution is 2.10. The minimum atomic E-state index is -1.44. The van der Waals surface area contributed by atoms with Crippen molar-refractivity contribution in [2.45, 2.75) is 77.2 Å². The predicted molar refractivity (Wildman–Crippen MR) is 107 cm³/mol. The monoisotopic (exact) mass is 431 g/mol. The van der Waals surface area contributed by atoms with Crippen LogP contribution in [0.3, 0.4) is 0 Å². The number of aliphatic hydroxyl groups excluding tert-OH is 1. The number of nitrogens with two attached hydrogens (primary N) is 2. The van der Waals surface area contributed by atoms with Gasteiger partial charge < -0.3 is 37.6 Å². The van der Waals surface area contributed by atoms with Crippen LogP contribution in [0.15, 0.2) is 0 Å². The topological polar surface area (TPSA) is 214 Å². The molecule has 12 heteroatoms. The number of aliphatic hydroxyl groups is 1. The summed E-state index contributed by atoms with van der Waals surface area (Å²) in [5, 5.41) is 25.8. The minimum Gasteiger partial charge on any atom is -0.480 e. The normalized spacial score (nSPS) is 16.9. The van der Waals surface area contributed by atoms with Gasteiger partial charge in [-0.25, -0.2) is 0 Å². The molecule has 6 atom stereocenters. The van der Waals surface area contributed by atoms with E-state index in [2.05, 4.69) is 16.0 Å². The third-order valence-electron chi connectivity index (χ3n) is 4.62. The zero-order chi connectivity index (χ0) is 23.6. The Hall–Kier alpha value is -2.73. The van der Waals surface area contributed by atoms with Gasteiger partial charge in [0.15, 0.2) is 0 Å². The summed E-state index contributed by atoms with van der Waals surface area (Å²) in [7, 11) is 0. The zero-order valence-corrected chi connectivity index (χ0v) is 17.7. The fourth-order valence-corrected chi connectivity index (χ4v) is 2.40. The summed E-state index contributed by atoms with van der Waals surface area (Å²) < 4.78 is 0. The van der Waals surface area contributed by atoms with Gasteiger partial charge in [0, 0.05) is 6.42 Å². The molecule has 0 radical (unpaired) electrons. The van der Waals surface area contributed by atoms with E-state index in [9.17, 15) is 29.1 Å². The quantitative estimate of drug-likeness (QED) is 0.166. The van der Waals surface area contributed by atoms with Crippen LogP contribution in [0, 0.1) is 5.92 Å². The number of carbonyl (C=O) groups is 5. The maximum atomic E-state index is 12.8. The second kappa shape index (κ2) is 12.8. The van der Waals surface area contributed by atoms with Crippen LogP contribution in [-0.2, 0) is 24.0 Å². The Bertz CT molecular complexity index is 640. The molecule has 0 aliphatic heterocycles. The maximum absolute atomic E-state index is 12.8. The first-order chi connectivity index (χ1) is 13.8. The highest BCUT2D eigenvalue weighted by atomic mass is 16.4. The average molecular weight is 431 g/mol. The molecule has 0 aliphatic carbocycles. The molecule has 0 aromatic rings. The van der Waals surface area contributed by atoms with E-state index < -0.39 is 59.9 Å². The van der Waals surface area contributed by atoms with E-state index in [1.807, 2.05) is 0 Å². The molecule has 0 saturated carbocycles. The first-order valence-electron chi connectivity index (χ1n) is 9.67. The van der Waals surface area contributed by atoms with E-state index in [0.29, 0.717) is 6.42 Å². The van der Waals surface area contributed by atoms with Crippen molar-refractivity contribution in [2.24, 2.45) is 17.4 Å². The van der Waals surface area contributed by atoms with Crippen LogP contribution in [0.2, 0.25) is 0 Å². The van der Waals surface area contributed by atoms with Gasteiger partial charge in [-0.2, -0.15) is 0 Å². The first-order valence-corrected chi connectivity index (χ1v) is 9.67. The fraction of sp³-hybridized carbons (Fsp3) is 0.722. The number of hydrogen-bond donors (Lipinski definition) is 7. The number of carboxylic acid groups (broad SMARTS) is 1. The highest BCUT2D eigenvalue weighted by Gasteiger charge is 2.33. The second-order valence-corrected chi connectivity index (χ2v) is 7.28. The van der Waals surface area contributed by atoms with Crippen molar-refractivity contribution in [3.05, 3.63) is 0 Å². The lowest BCUT2D eigenvalue weighted by Crippen LogP contribution is -2.60. The molecule has 12 nitrogen and oxygen atoms in total. The fourth-order valence-electron chi connectivity index (χ4n) is 2.40. The van der Waals surface area contributed by atoms with Gasteiger partial charge in [-0.3, -0.25) is 24.0 Å². The van der Waals surface area contributed by atoms with Crippen LogP contribution in [-0.4, -0.2) is 70.1 Å². The molecular formula is C18H33N5O7. The number of primary amides is 1. The molecule has 30 heavy (non-hydrogen) atoms. The number of hydrogen-bond acceptors (Lipinski definition) is 7. The summed E-state index contributed by atoms with van der Waals surface area (Å²) in [6.45, 7) is 5.98. The van der Waals surface area contributed by atoms with Gasteiger partial charge in [-0.15, -0.1) is 0 Å². The lowest BCUT2D eigenvalue weighted by molar-refractivity contribution is -0.142. The number of rotatable bonds is 13. The van der Waals surface area contributed by atoms with Crippen LogP contribution in [0.5, 0.6) is 0 Å². The molecule has 4 amide bonds. The van der Waals surface area contributed by atoms with Crippen molar-refractivity contribution >= 4 is 29.6 Å². The van der Waals surface area contributed by atoms with Crippen molar-refractivity contribution in [3.8, 4) is 0 Å². The van der Waals surface area contributed by atoms with Gasteiger partial charge in [-0.1, -0.05) is 20.3 Å². The largest absolute Gasteiger partial charge is 0.480 e. The van der Waals surface area contributed by atoms with E-state index in [4.69, 9.17) is 16.6 Å². The smallest absolute Gasteiger partial charge is 0.325 e. The standard InChI is InChI=1S/C18H33N5O7/c1-5-8(2)13(22-15(26)11(19)6-7-12(20)25)16(27)23-14(10(4)24)17(28)21-9(3)18(29)30/h8-11,13-14,24H,5-7,19H2,1-4H3,(H2,20,25)(H,21,28)(H,22,26)(H,23,27)(H,29,30). The summed E-state index contributed by atoms with van der Waals surface area (Å²) in [5.41, 5.74) is 10.8. The van der Waals surface area contributed by atoms with Crippen LogP contribution >= 0.6 is 0 Å². The Kier molecular flexibility index (Phi) is 11.6. The zero-order valence-electron chi connectivity index (χ0n) is 17.7. The summed E-state index contributed by atoms with van der Waals surface area (Å²) in [5.74, 6) is -4.56. The Morgan fingerprint density at radius 2 is 1.40 bits per heavy atom. The van der Waals surface area contributed by atoms with Crippen LogP contribution in [0.1, 0.15) is 47.0 Å². The van der Waals surface area contributed by atoms with Gasteiger partial charge >= 0.3 is 5.97 Å². The molecule has 0 aliphatic rings. The van der Waals surface area contributed by atoms with Crippen LogP contribution in [0.4, 0.5) is 0 Å². The molecule has 0 rings (SSSR count). The molecule has 0 fully saturated rings. The van der Waals surface area contributed by atoms with Crippen molar-refractivity contribution < 1.29 is 34.2 Å². The van der Waals surface area contributed by atoms with Crippen LogP contribution < -0.4 is 27.4 Å². The van der Waals surface area contributed by atoms with E-state index in [1.165, 1.54) is 13.8 Å². The Labute approximate surface area is 175 Å². The van der Waals surface area contributed by atoms with Gasteiger partial charge in [0.2, 0.25) is 23.6 Å². The van der Waals surface area contributed by atoms with Gasteiger partial charge in [0.1, 0.15) is 18.1 Å². The lowest BCUT2D eigenvalue weighted by atomic mass is 9.97. The highest BCUT2D eigenvalue weighted by molar-refractivity contribution is 5.94. The number of nitrogens with one attached hydrogen (secondary N) is 3. The third-order valence-corrected chi connectivity index (χ3v) is 4.62. The Balaban J connectivity index is 5.31. The maximum Gasteiger partial charge on any atom is 0.325 e. The second-order valence-electron chi connectivity index (χ2n) is 7.28. The predicted octanol–water partition coefficient (Wildman–Crippen LogP) is -2.43. The summed E-state index contributed by atoms with van der Waals surface area (Å²) in [6, 6.07) is -4.81. The number of aliphatic carboxylic acids is 1.